The molecule has 1 unspecified atom stereocenters. The molecule has 3 nitrogen and oxygen atoms in total. The summed E-state index contributed by atoms with van der Waals surface area (Å²) < 4.78 is 5.15. The third-order valence-corrected chi connectivity index (χ3v) is 4.20. The van der Waals surface area contributed by atoms with Crippen molar-refractivity contribution in [2.45, 2.75) is 17.9 Å². The van der Waals surface area contributed by atoms with Crippen LogP contribution < -0.4 is 4.74 Å². The number of benzene rings is 2. The minimum atomic E-state index is -0.578. The molecule has 2 rings (SSSR count). The summed E-state index contributed by atoms with van der Waals surface area (Å²) in [5, 5.41) is 10.2. The lowest BCUT2D eigenvalue weighted by Gasteiger charge is -2.12. The first-order chi connectivity index (χ1) is 10.1. The first kappa shape index (κ1) is 15.6. The molecule has 110 valence electrons. The van der Waals surface area contributed by atoms with Crippen LogP contribution in [0.2, 0.25) is 0 Å². The lowest BCUT2D eigenvalue weighted by atomic mass is 10.1. The molecule has 0 heterocycles. The Bertz CT molecular complexity index is 625. The van der Waals surface area contributed by atoms with E-state index in [0.717, 1.165) is 16.2 Å². The molecule has 1 atom stereocenters. The summed E-state index contributed by atoms with van der Waals surface area (Å²) in [5.74, 6) is 1.30. The van der Waals surface area contributed by atoms with Crippen molar-refractivity contribution in [1.82, 2.24) is 0 Å². The van der Waals surface area contributed by atoms with Gasteiger partial charge in [-0.3, -0.25) is 4.79 Å². The topological polar surface area (TPSA) is 46.5 Å². The summed E-state index contributed by atoms with van der Waals surface area (Å²) in [6.07, 6.45) is -0.578. The third-order valence-electron chi connectivity index (χ3n) is 3.13. The number of hydrogen-bond donors (Lipinski definition) is 1. The minimum absolute atomic E-state index is 0.0470. The molecule has 2 aromatic carbocycles. The predicted molar refractivity (Wildman–Crippen MR) is 85.1 cm³/mol. The molecule has 0 radical (unpaired) electrons. The third kappa shape index (κ3) is 4.34. The van der Waals surface area contributed by atoms with Gasteiger partial charge in [0.05, 0.1) is 13.2 Å². The molecule has 0 aliphatic carbocycles. The minimum Gasteiger partial charge on any atom is -0.497 e. The molecule has 4 heteroatoms. The van der Waals surface area contributed by atoms with Crippen LogP contribution in [0.1, 0.15) is 28.9 Å². The normalized spacial score (nSPS) is 12.0. The molecule has 0 aliphatic heterocycles. The van der Waals surface area contributed by atoms with Crippen molar-refractivity contribution in [3.63, 3.8) is 0 Å². The maximum atomic E-state index is 11.4. The molecule has 0 fully saturated rings. The summed E-state index contributed by atoms with van der Waals surface area (Å²) in [7, 11) is 1.60. The standard InChI is InChI=1S/C17H18O3S/c1-12(18)13-5-4-8-16(10-13)21-11-17(19)14-6-3-7-15(9-14)20-2/h3-10,17,19H,11H2,1-2H3. The van der Waals surface area contributed by atoms with Gasteiger partial charge >= 0.3 is 0 Å². The molecule has 0 aromatic heterocycles. The van der Waals surface area contributed by atoms with Crippen LogP contribution in [0, 0.1) is 0 Å². The zero-order chi connectivity index (χ0) is 15.2. The van der Waals surface area contributed by atoms with Crippen LogP contribution in [0.15, 0.2) is 53.4 Å². The maximum absolute atomic E-state index is 11.4. The number of rotatable bonds is 6. The van der Waals surface area contributed by atoms with E-state index in [2.05, 4.69) is 0 Å². The van der Waals surface area contributed by atoms with Crippen LogP contribution in [0.4, 0.5) is 0 Å². The average molecular weight is 302 g/mol. The Morgan fingerprint density at radius 1 is 1.24 bits per heavy atom. The molecular weight excluding hydrogens is 284 g/mol. The second kappa shape index (κ2) is 7.29. The first-order valence-electron chi connectivity index (χ1n) is 6.66. The van der Waals surface area contributed by atoms with Gasteiger partial charge in [0.25, 0.3) is 0 Å². The van der Waals surface area contributed by atoms with Crippen LogP contribution in [0.25, 0.3) is 0 Å². The van der Waals surface area contributed by atoms with Crippen molar-refractivity contribution >= 4 is 17.5 Å². The van der Waals surface area contributed by atoms with E-state index in [1.54, 1.807) is 20.1 Å². The Morgan fingerprint density at radius 3 is 2.71 bits per heavy atom. The number of ketones is 1. The molecule has 0 aliphatic rings. The molecule has 0 amide bonds. The van der Waals surface area contributed by atoms with Crippen molar-refractivity contribution in [2.75, 3.05) is 12.9 Å². The van der Waals surface area contributed by atoms with Crippen molar-refractivity contribution in [2.24, 2.45) is 0 Å². The summed E-state index contributed by atoms with van der Waals surface area (Å²) in [6, 6.07) is 14.9. The molecule has 0 spiro atoms. The maximum Gasteiger partial charge on any atom is 0.159 e. The van der Waals surface area contributed by atoms with Crippen LogP contribution in [0.3, 0.4) is 0 Å². The Labute approximate surface area is 129 Å². The van der Waals surface area contributed by atoms with E-state index in [0.29, 0.717) is 11.3 Å². The summed E-state index contributed by atoms with van der Waals surface area (Å²) in [5.41, 5.74) is 1.51. The highest BCUT2D eigenvalue weighted by Crippen LogP contribution is 2.27. The second-order valence-electron chi connectivity index (χ2n) is 4.69. The van der Waals surface area contributed by atoms with E-state index < -0.39 is 6.10 Å². The van der Waals surface area contributed by atoms with Gasteiger partial charge in [-0.25, -0.2) is 0 Å². The van der Waals surface area contributed by atoms with E-state index in [1.165, 1.54) is 11.8 Å². The quantitative estimate of drug-likeness (QED) is 0.652. The van der Waals surface area contributed by atoms with Crippen LogP contribution >= 0.6 is 11.8 Å². The van der Waals surface area contributed by atoms with Gasteiger partial charge in [0.15, 0.2) is 5.78 Å². The second-order valence-corrected chi connectivity index (χ2v) is 5.78. The fraction of sp³-hybridized carbons (Fsp3) is 0.235. The Kier molecular flexibility index (Phi) is 5.42. The highest BCUT2D eigenvalue weighted by atomic mass is 32.2. The summed E-state index contributed by atoms with van der Waals surface area (Å²) in [4.78, 5) is 12.3. The first-order valence-corrected chi connectivity index (χ1v) is 7.64. The van der Waals surface area contributed by atoms with Crippen LogP contribution in [-0.2, 0) is 0 Å². The monoisotopic (exact) mass is 302 g/mol. The molecule has 0 saturated carbocycles. The number of aliphatic hydroxyl groups is 1. The SMILES string of the molecule is COc1cccc(C(O)CSc2cccc(C(C)=O)c2)c1. The van der Waals surface area contributed by atoms with Crippen LogP contribution in [-0.4, -0.2) is 23.8 Å². The zero-order valence-corrected chi connectivity index (χ0v) is 12.9. The lowest BCUT2D eigenvalue weighted by molar-refractivity contribution is 0.101. The number of methoxy groups -OCH3 is 1. The highest BCUT2D eigenvalue weighted by Gasteiger charge is 2.10. The smallest absolute Gasteiger partial charge is 0.159 e. The number of carbonyl (C=O) groups excluding carboxylic acids is 1. The number of Topliss-reactive ketones (excluding diaryl/α,β-unsaturated/α-hetero) is 1. The number of thioether (sulfide) groups is 1. The van der Waals surface area contributed by atoms with Crippen molar-refractivity contribution in [1.29, 1.82) is 0 Å². The molecule has 0 saturated heterocycles. The van der Waals surface area contributed by atoms with E-state index in [4.69, 9.17) is 4.74 Å². The number of ether oxygens (including phenoxy) is 1. The van der Waals surface area contributed by atoms with E-state index in [9.17, 15) is 9.90 Å². The Balaban J connectivity index is 2.01. The van der Waals surface area contributed by atoms with Gasteiger partial charge in [-0.15, -0.1) is 11.8 Å². The van der Waals surface area contributed by atoms with Crippen molar-refractivity contribution in [3.8, 4) is 5.75 Å². The molecule has 0 bridgehead atoms. The van der Waals surface area contributed by atoms with Gasteiger partial charge in [-0.05, 0) is 36.8 Å². The van der Waals surface area contributed by atoms with Crippen LogP contribution in [0.5, 0.6) is 5.75 Å². The molecular formula is C17H18O3S. The van der Waals surface area contributed by atoms with Crippen molar-refractivity contribution < 1.29 is 14.6 Å². The zero-order valence-electron chi connectivity index (χ0n) is 12.1. The van der Waals surface area contributed by atoms with Gasteiger partial charge in [0, 0.05) is 16.2 Å². The predicted octanol–water partition coefficient (Wildman–Crippen LogP) is 3.72. The molecule has 21 heavy (non-hydrogen) atoms. The lowest BCUT2D eigenvalue weighted by Crippen LogP contribution is -2.01. The number of aliphatic hydroxyl groups excluding tert-OH is 1. The van der Waals surface area contributed by atoms with Crippen molar-refractivity contribution in [3.05, 3.63) is 59.7 Å². The van der Waals surface area contributed by atoms with Gasteiger partial charge in [-0.1, -0.05) is 24.3 Å². The fourth-order valence-electron chi connectivity index (χ4n) is 1.93. The summed E-state index contributed by atoms with van der Waals surface area (Å²) >= 11 is 1.53. The van der Waals surface area contributed by atoms with Gasteiger partial charge in [0.1, 0.15) is 5.75 Å². The van der Waals surface area contributed by atoms with E-state index >= 15 is 0 Å². The summed E-state index contributed by atoms with van der Waals surface area (Å²) in [6.45, 7) is 1.55. The average Bonchev–Trinajstić information content (AvgIpc) is 2.53. The Morgan fingerprint density at radius 2 is 2.00 bits per heavy atom. The van der Waals surface area contributed by atoms with E-state index in [-0.39, 0.29) is 5.78 Å². The molecule has 2 aromatic rings. The van der Waals surface area contributed by atoms with Gasteiger partial charge < -0.3 is 9.84 Å². The number of hydrogen-bond acceptors (Lipinski definition) is 4. The molecule has 1 N–H and O–H groups in total. The number of carbonyl (C=O) groups is 1. The fourth-order valence-corrected chi connectivity index (χ4v) is 2.85. The van der Waals surface area contributed by atoms with Gasteiger partial charge in [-0.2, -0.15) is 0 Å². The largest absolute Gasteiger partial charge is 0.497 e. The highest BCUT2D eigenvalue weighted by molar-refractivity contribution is 7.99. The van der Waals surface area contributed by atoms with Gasteiger partial charge in [0.2, 0.25) is 0 Å². The van der Waals surface area contributed by atoms with E-state index in [1.807, 2.05) is 42.5 Å². The Hall–Kier alpha value is -1.78.